The second-order valence-corrected chi connectivity index (χ2v) is 36.1. The van der Waals surface area contributed by atoms with Gasteiger partial charge in [-0.1, -0.05) is 61.6 Å². The Morgan fingerprint density at radius 1 is 0.672 bits per heavy atom. The number of amides is 3. The number of carbonyl (C=O) groups excluding carboxylic acids is 3. The summed E-state index contributed by atoms with van der Waals surface area (Å²) in [6.07, 6.45) is 13.3. The number of aliphatic hydroxyl groups is 3. The van der Waals surface area contributed by atoms with E-state index in [0.29, 0.717) is 19.3 Å². The van der Waals surface area contributed by atoms with Crippen LogP contribution >= 0.6 is 130 Å². The van der Waals surface area contributed by atoms with Crippen molar-refractivity contribution in [2.75, 3.05) is 93.0 Å². The van der Waals surface area contributed by atoms with Gasteiger partial charge in [0.1, 0.15) is 13.9 Å². The van der Waals surface area contributed by atoms with Crippen LogP contribution in [-0.2, 0) is 41.5 Å². The molecule has 5 aliphatic rings. The number of rotatable bonds is 8. The molecule has 14 nitrogen and oxygen atoms in total. The Kier molecular flexibility index (Phi) is 44.2. The summed E-state index contributed by atoms with van der Waals surface area (Å²) in [5.74, 6) is 6.40. The van der Waals surface area contributed by atoms with Gasteiger partial charge in [0.2, 0.25) is 17.7 Å². The average molecular weight is 1380 g/mol. The van der Waals surface area contributed by atoms with Crippen LogP contribution < -0.4 is 16.0 Å². The van der Waals surface area contributed by atoms with E-state index >= 15 is 0 Å². The molecule has 0 radical (unpaired) electrons. The van der Waals surface area contributed by atoms with E-state index in [9.17, 15) is 22.8 Å². The van der Waals surface area contributed by atoms with Gasteiger partial charge in [-0.05, 0) is 119 Å². The highest BCUT2D eigenvalue weighted by atomic mass is 80.0. The molecule has 386 valence electrons. The first-order valence-electron chi connectivity index (χ1n) is 19.0. The number of hydrogen-bond donors (Lipinski definition) is 6. The topological polar surface area (TPSA) is 221 Å². The van der Waals surface area contributed by atoms with Crippen LogP contribution in [0.2, 0.25) is 0 Å². The quantitative estimate of drug-likeness (QED) is 0.0702. The van der Waals surface area contributed by atoms with Crippen LogP contribution in [0.4, 0.5) is 17.1 Å². The third-order valence-electron chi connectivity index (χ3n) is 9.52. The van der Waals surface area contributed by atoms with Gasteiger partial charge in [-0.3, -0.25) is 29.3 Å². The number of carbonyl (C=O) groups is 3. The predicted octanol–water partition coefficient (Wildman–Crippen LogP) is 11.0. The average Bonchev–Trinajstić information content (AvgIpc) is 3.88. The van der Waals surface area contributed by atoms with Gasteiger partial charge < -0.3 is 31.3 Å². The molecule has 5 aliphatic heterocycles. The van der Waals surface area contributed by atoms with Crippen LogP contribution in [0, 0.1) is 0 Å². The summed E-state index contributed by atoms with van der Waals surface area (Å²) < 4.78 is 22.7. The first-order chi connectivity index (χ1) is 29.8. The maximum Gasteiger partial charge on any atom is 0.235 e. The van der Waals surface area contributed by atoms with E-state index in [-0.39, 0.29) is 94.0 Å². The second-order valence-electron chi connectivity index (χ2n) is 13.2. The Morgan fingerprint density at radius 3 is 1.46 bits per heavy atom. The summed E-state index contributed by atoms with van der Waals surface area (Å²) >= 11 is 21.6. The second kappa shape index (κ2) is 40.4. The fourth-order valence-electron chi connectivity index (χ4n) is 6.65. The Bertz CT molecular complexity index is 1890. The van der Waals surface area contributed by atoms with E-state index in [1.807, 2.05) is 41.7 Å². The third-order valence-corrected chi connectivity index (χ3v) is 15.9. The number of aliphatic hydroxyl groups excluding tert-OH is 3. The highest BCUT2D eigenvalue weighted by molar-refractivity contribution is 9.93. The molecule has 67 heavy (non-hydrogen) atoms. The van der Waals surface area contributed by atoms with Crippen LogP contribution in [0.5, 0.6) is 0 Å². The molecule has 0 saturated carbocycles. The van der Waals surface area contributed by atoms with Gasteiger partial charge in [0.25, 0.3) is 0 Å². The zero-order valence-electron chi connectivity index (χ0n) is 34.3. The van der Waals surface area contributed by atoms with Crippen molar-refractivity contribution in [3.8, 4) is 0 Å². The number of hydrogen-bond acceptors (Lipinski definition) is 14. The number of nitrogens with zero attached hydrogens (tertiary/aromatic N) is 3. The van der Waals surface area contributed by atoms with Gasteiger partial charge in [0.15, 0.2) is 0 Å². The van der Waals surface area contributed by atoms with E-state index in [1.54, 1.807) is 48.9 Å². The highest BCUT2D eigenvalue weighted by Crippen LogP contribution is 2.59. The van der Waals surface area contributed by atoms with E-state index < -0.39 is 15.3 Å². The molecule has 0 aliphatic carbocycles. The molecule has 3 aromatic heterocycles. The summed E-state index contributed by atoms with van der Waals surface area (Å²) in [7, 11) is -1.97. The zero-order valence-corrected chi connectivity index (χ0v) is 47.2. The lowest BCUT2D eigenvalue weighted by atomic mass is 9.77. The smallest absolute Gasteiger partial charge is 0.235 e. The Labute approximate surface area is 460 Å². The zero-order chi connectivity index (χ0) is 46.0. The van der Waals surface area contributed by atoms with Crippen LogP contribution in [0.25, 0.3) is 0 Å². The van der Waals surface area contributed by atoms with Crippen molar-refractivity contribution in [3.05, 3.63) is 72.1 Å². The Balaban J connectivity index is -0.000000366. The van der Waals surface area contributed by atoms with Gasteiger partial charge in [-0.25, -0.2) is 8.42 Å². The molecule has 3 aromatic rings. The number of alkyl halides is 2. The number of pyridine rings is 3. The van der Waals surface area contributed by atoms with E-state index in [0.717, 1.165) is 87.4 Å². The lowest BCUT2D eigenvalue weighted by molar-refractivity contribution is -0.121. The molecule has 25 heteroatoms. The number of halogens is 6. The molecule has 6 N–H and O–H groups in total. The standard InChI is InChI=1S/C11H12N2O3S.C11H12N2OS.C7H6N2O.C4H8Br2S.C4H10O2S.CH4O.4CH4.Br3P.ClH/c14-10-11(2-5-17(15,16)6-3-11)8-1-4-12-7-9(8)13-10;14-10-11(2-5-15-6-3-11)8-1-4-12-7-9(8)13-10;10-7-3-5-1-2-8-4-6(5)9-7;2*5-1-3-7-4-2-6;1-2;;;;;1-4(2)3;/h1,4,7H,2-3,5-6H2,(H,13,14);1,4,7H,2-3,5-6H2,(H,13,14);1-2,4H,3H2,(H,9,10);1-4H2;5-6H,1-4H2;2H,1H3;4*1H4;;1H. The van der Waals surface area contributed by atoms with E-state index in [4.69, 9.17) is 15.3 Å². The maximum atomic E-state index is 12.1. The van der Waals surface area contributed by atoms with Crippen molar-refractivity contribution in [1.29, 1.82) is 0 Å². The SMILES string of the molecule is BrCCSCCBr.BrP(Br)Br.C.C.C.C.CO.Cl.O=C1Cc2ccncc2N1.O=C1Nc2cnccc2C12CCS(=O)(=O)CC2.O=C1Nc2cnccc2C12CCSCC2.OCCSCCO. The van der Waals surface area contributed by atoms with Gasteiger partial charge in [0.05, 0.1) is 77.6 Å². The molecule has 0 unspecified atom stereocenters. The number of nitrogens with one attached hydrogen (secondary N) is 3. The summed E-state index contributed by atoms with van der Waals surface area (Å²) in [5, 5.41) is 34.0. The minimum Gasteiger partial charge on any atom is -0.400 e. The van der Waals surface area contributed by atoms with Crippen LogP contribution in [0.1, 0.15) is 72.1 Å². The predicted molar refractivity (Wildman–Crippen MR) is 313 cm³/mol. The van der Waals surface area contributed by atoms with Crippen LogP contribution in [-0.4, -0.2) is 133 Å². The molecule has 0 atom stereocenters. The van der Waals surface area contributed by atoms with Crippen molar-refractivity contribution in [2.24, 2.45) is 0 Å². The van der Waals surface area contributed by atoms with Gasteiger partial charge in [-0.2, -0.15) is 35.3 Å². The van der Waals surface area contributed by atoms with E-state index in [1.165, 1.54) is 11.5 Å². The largest absolute Gasteiger partial charge is 0.400 e. The van der Waals surface area contributed by atoms with Gasteiger partial charge >= 0.3 is 0 Å². The molecular formula is C42H69Br5ClN6O8PS4. The fraction of sp³-hybridized carbons (Fsp3) is 0.571. The highest BCUT2D eigenvalue weighted by Gasteiger charge is 2.50. The number of aromatic nitrogens is 3. The summed E-state index contributed by atoms with van der Waals surface area (Å²) in [5.41, 5.74) is 4.68. The number of sulfone groups is 1. The van der Waals surface area contributed by atoms with Gasteiger partial charge in [-0.15, -0.1) is 12.4 Å². The number of fused-ring (bicyclic) bond motifs is 5. The maximum absolute atomic E-state index is 12.1. The molecule has 3 amide bonds. The van der Waals surface area contributed by atoms with Crippen molar-refractivity contribution in [3.63, 3.8) is 0 Å². The van der Waals surface area contributed by atoms with Crippen molar-refractivity contribution in [1.82, 2.24) is 15.0 Å². The monoisotopic (exact) mass is 1370 g/mol. The van der Waals surface area contributed by atoms with Crippen LogP contribution in [0.3, 0.4) is 0 Å². The lowest BCUT2D eigenvalue weighted by Gasteiger charge is -2.31. The summed E-state index contributed by atoms with van der Waals surface area (Å²) in [6, 6.07) is 5.65. The van der Waals surface area contributed by atoms with Crippen molar-refractivity contribution in [2.45, 2.75) is 72.6 Å². The Morgan fingerprint density at radius 2 is 1.06 bits per heavy atom. The number of thioether (sulfide) groups is 3. The summed E-state index contributed by atoms with van der Waals surface area (Å²) in [4.78, 5) is 46.8. The summed E-state index contributed by atoms with van der Waals surface area (Å²) in [6.45, 7) is 0.426. The minimum absolute atomic E-state index is 0. The molecular weight excluding hydrogens is 1310 g/mol. The normalized spacial score (nSPS) is 16.0. The van der Waals surface area contributed by atoms with E-state index in [2.05, 4.69) is 109 Å². The number of anilines is 3. The molecule has 8 heterocycles. The molecule has 0 aromatic carbocycles. The first kappa shape index (κ1) is 73.4. The fourth-order valence-corrected chi connectivity index (χ4v) is 11.6. The van der Waals surface area contributed by atoms with Gasteiger partial charge in [0, 0.05) is 59.4 Å². The molecule has 2 saturated heterocycles. The molecule has 2 spiro atoms. The molecule has 0 bridgehead atoms. The third kappa shape index (κ3) is 24.4. The van der Waals surface area contributed by atoms with Crippen LogP contribution in [0.15, 0.2) is 55.4 Å². The lowest BCUT2D eigenvalue weighted by Crippen LogP contribution is -2.42. The van der Waals surface area contributed by atoms with Crippen molar-refractivity contribution < 1.29 is 38.1 Å². The minimum atomic E-state index is -2.97. The first-order valence-corrected chi connectivity index (χ1v) is 34.0. The Hall–Kier alpha value is -0.140. The molecule has 8 rings (SSSR count). The van der Waals surface area contributed by atoms with Crippen molar-refractivity contribution >= 4 is 175 Å². The molecule has 2 fully saturated rings.